The molecule has 0 aliphatic rings. The Morgan fingerprint density at radius 1 is 0.800 bits per heavy atom. The second-order valence-corrected chi connectivity index (χ2v) is 5.33. The van der Waals surface area contributed by atoms with Crippen LogP contribution in [0.1, 0.15) is 71.6 Å². The molecular weight excluding hydrogens is 199 g/mol. The van der Waals surface area contributed by atoms with Crippen molar-refractivity contribution in [3.05, 3.63) is 11.9 Å². The first kappa shape index (κ1) is 15.2. The van der Waals surface area contributed by atoms with Crippen molar-refractivity contribution in [2.24, 2.45) is 0 Å². The zero-order chi connectivity index (χ0) is 11.2. The Hall–Kier alpha value is 0.170. The lowest BCUT2D eigenvalue weighted by Crippen LogP contribution is -1.81. The third kappa shape index (κ3) is 14.2. The first-order valence-electron chi connectivity index (χ1n) is 6.69. The number of hydrogen-bond donors (Lipinski definition) is 0. The fourth-order valence-electron chi connectivity index (χ4n) is 1.69. The van der Waals surface area contributed by atoms with Crippen LogP contribution in [0.25, 0.3) is 0 Å². The molecule has 1 radical (unpaired) electrons. The third-order valence-electron chi connectivity index (χ3n) is 2.65. The molecular formula is C14H28P. The standard InChI is InChI=1S/C14H28P/c1-3-5-6-7-8-9-10-11-12-14-15-13-4-2/h4,13H,3,5-12,14H2,1-2H3. The van der Waals surface area contributed by atoms with Gasteiger partial charge in [-0.25, -0.2) is 0 Å². The molecule has 0 atom stereocenters. The summed E-state index contributed by atoms with van der Waals surface area (Å²) in [4.78, 5) is 0. The minimum absolute atomic E-state index is 1.36. The second-order valence-electron chi connectivity index (χ2n) is 4.22. The molecule has 0 unspecified atom stereocenters. The largest absolute Gasteiger partial charge is 0.0868 e. The topological polar surface area (TPSA) is 0 Å². The molecule has 0 heterocycles. The van der Waals surface area contributed by atoms with E-state index in [1.165, 1.54) is 72.5 Å². The Kier molecular flexibility index (Phi) is 14.3. The van der Waals surface area contributed by atoms with Crippen LogP contribution in [-0.2, 0) is 0 Å². The van der Waals surface area contributed by atoms with E-state index in [-0.39, 0.29) is 0 Å². The minimum Gasteiger partial charge on any atom is -0.0868 e. The summed E-state index contributed by atoms with van der Waals surface area (Å²) in [7, 11) is 1.51. The molecule has 0 saturated heterocycles. The molecule has 0 rings (SSSR count). The molecule has 0 bridgehead atoms. The van der Waals surface area contributed by atoms with Crippen LogP contribution in [0.3, 0.4) is 0 Å². The average Bonchev–Trinajstić information content (AvgIpc) is 2.26. The maximum absolute atomic E-state index is 2.28. The smallest absolute Gasteiger partial charge is 0.0250 e. The van der Waals surface area contributed by atoms with E-state index < -0.39 is 0 Å². The zero-order valence-electron chi connectivity index (χ0n) is 10.7. The van der Waals surface area contributed by atoms with Crippen LogP contribution in [-0.4, -0.2) is 6.16 Å². The summed E-state index contributed by atoms with van der Waals surface area (Å²) in [6, 6.07) is 0. The van der Waals surface area contributed by atoms with Crippen molar-refractivity contribution in [1.29, 1.82) is 0 Å². The van der Waals surface area contributed by atoms with Gasteiger partial charge in [-0.2, -0.15) is 0 Å². The summed E-state index contributed by atoms with van der Waals surface area (Å²) in [5.74, 6) is 2.25. The van der Waals surface area contributed by atoms with Crippen molar-refractivity contribution in [2.45, 2.75) is 71.6 Å². The van der Waals surface area contributed by atoms with Crippen LogP contribution in [0, 0.1) is 0 Å². The van der Waals surface area contributed by atoms with Crippen LogP contribution in [0.4, 0.5) is 0 Å². The molecule has 0 spiro atoms. The van der Waals surface area contributed by atoms with Gasteiger partial charge in [-0.15, -0.1) is 0 Å². The first-order valence-corrected chi connectivity index (χ1v) is 7.84. The Labute approximate surface area is 98.7 Å². The number of allylic oxidation sites excluding steroid dienone is 1. The average molecular weight is 227 g/mol. The molecule has 0 nitrogen and oxygen atoms in total. The van der Waals surface area contributed by atoms with Gasteiger partial charge in [0.05, 0.1) is 0 Å². The van der Waals surface area contributed by atoms with Crippen molar-refractivity contribution in [2.75, 3.05) is 6.16 Å². The lowest BCUT2D eigenvalue weighted by molar-refractivity contribution is 0.573. The van der Waals surface area contributed by atoms with Gasteiger partial charge in [-0.1, -0.05) is 78.8 Å². The Bertz CT molecular complexity index is 129. The van der Waals surface area contributed by atoms with Gasteiger partial charge in [-0.3, -0.25) is 0 Å². The molecule has 1 heteroatoms. The Morgan fingerprint density at radius 2 is 1.33 bits per heavy atom. The Morgan fingerprint density at radius 3 is 1.87 bits per heavy atom. The molecule has 0 aliphatic carbocycles. The highest BCUT2D eigenvalue weighted by molar-refractivity contribution is 7.41. The highest BCUT2D eigenvalue weighted by Gasteiger charge is 1.91. The maximum Gasteiger partial charge on any atom is -0.0250 e. The molecule has 0 saturated carbocycles. The number of rotatable bonds is 11. The molecule has 0 aromatic rings. The zero-order valence-corrected chi connectivity index (χ0v) is 11.6. The summed E-state index contributed by atoms with van der Waals surface area (Å²) >= 11 is 0. The van der Waals surface area contributed by atoms with Crippen molar-refractivity contribution in [3.8, 4) is 0 Å². The van der Waals surface area contributed by atoms with Gasteiger partial charge < -0.3 is 0 Å². The molecule has 0 fully saturated rings. The fourth-order valence-corrected chi connectivity index (χ4v) is 2.46. The lowest BCUT2D eigenvalue weighted by atomic mass is 10.1. The third-order valence-corrected chi connectivity index (χ3v) is 3.73. The monoisotopic (exact) mass is 227 g/mol. The molecule has 89 valence electrons. The van der Waals surface area contributed by atoms with E-state index in [1.54, 1.807) is 0 Å². The highest BCUT2D eigenvalue weighted by atomic mass is 31.1. The van der Waals surface area contributed by atoms with Gasteiger partial charge >= 0.3 is 0 Å². The summed E-state index contributed by atoms with van der Waals surface area (Å²) in [5, 5.41) is 0. The predicted octanol–water partition coefficient (Wildman–Crippen LogP) is 6.00. The molecule has 0 aliphatic heterocycles. The van der Waals surface area contributed by atoms with Crippen LogP contribution in [0.15, 0.2) is 11.9 Å². The molecule has 15 heavy (non-hydrogen) atoms. The minimum atomic E-state index is 1.36. The van der Waals surface area contributed by atoms with Gasteiger partial charge in [0, 0.05) is 0 Å². The van der Waals surface area contributed by atoms with E-state index >= 15 is 0 Å². The molecule has 0 aromatic carbocycles. The number of hydrogen-bond acceptors (Lipinski definition) is 0. The van der Waals surface area contributed by atoms with Gasteiger partial charge in [0.2, 0.25) is 0 Å². The van der Waals surface area contributed by atoms with Gasteiger partial charge in [-0.05, 0) is 19.5 Å². The fraction of sp³-hybridized carbons (Fsp3) is 0.857. The molecule has 0 N–H and O–H groups in total. The van der Waals surface area contributed by atoms with Crippen molar-refractivity contribution < 1.29 is 0 Å². The van der Waals surface area contributed by atoms with Gasteiger partial charge in [0.15, 0.2) is 0 Å². The summed E-state index contributed by atoms with van der Waals surface area (Å²) in [6.07, 6.45) is 16.5. The second kappa shape index (κ2) is 14.2. The Balaban J connectivity index is 2.86. The quantitative estimate of drug-likeness (QED) is 0.300. The number of unbranched alkanes of at least 4 members (excludes halogenated alkanes) is 8. The maximum atomic E-state index is 2.28. The van der Waals surface area contributed by atoms with E-state index in [0.717, 1.165) is 0 Å². The van der Waals surface area contributed by atoms with Crippen LogP contribution in [0.5, 0.6) is 0 Å². The van der Waals surface area contributed by atoms with Crippen molar-refractivity contribution >= 4 is 8.58 Å². The van der Waals surface area contributed by atoms with E-state index in [1.807, 2.05) is 0 Å². The summed E-state index contributed by atoms with van der Waals surface area (Å²) < 4.78 is 0. The molecule has 0 amide bonds. The normalized spacial score (nSPS) is 12.1. The van der Waals surface area contributed by atoms with E-state index in [4.69, 9.17) is 0 Å². The van der Waals surface area contributed by atoms with Crippen molar-refractivity contribution in [1.82, 2.24) is 0 Å². The van der Waals surface area contributed by atoms with Crippen molar-refractivity contribution in [3.63, 3.8) is 0 Å². The predicted molar refractivity (Wildman–Crippen MR) is 73.8 cm³/mol. The lowest BCUT2D eigenvalue weighted by Gasteiger charge is -2.00. The SMILES string of the molecule is CC=C[P]CCCCCCCCCCC. The molecule has 0 aromatic heterocycles. The van der Waals surface area contributed by atoms with Crippen LogP contribution < -0.4 is 0 Å². The van der Waals surface area contributed by atoms with Crippen LogP contribution >= 0.6 is 8.58 Å². The first-order chi connectivity index (χ1) is 7.41. The summed E-state index contributed by atoms with van der Waals surface area (Å²) in [6.45, 7) is 4.38. The van der Waals surface area contributed by atoms with Gasteiger partial charge in [0.1, 0.15) is 0 Å². The summed E-state index contributed by atoms with van der Waals surface area (Å²) in [5.41, 5.74) is 0. The highest BCUT2D eigenvalue weighted by Crippen LogP contribution is 2.16. The van der Waals surface area contributed by atoms with E-state index in [0.29, 0.717) is 0 Å². The van der Waals surface area contributed by atoms with Gasteiger partial charge in [0.25, 0.3) is 0 Å². The van der Waals surface area contributed by atoms with E-state index in [2.05, 4.69) is 25.7 Å². The van der Waals surface area contributed by atoms with E-state index in [9.17, 15) is 0 Å². The van der Waals surface area contributed by atoms with Crippen LogP contribution in [0.2, 0.25) is 0 Å².